The molecule has 0 bridgehead atoms. The molecule has 0 spiro atoms. The fraction of sp³-hybridized carbons (Fsp3) is 0.667. The van der Waals surface area contributed by atoms with Gasteiger partial charge < -0.3 is 0 Å². The summed E-state index contributed by atoms with van der Waals surface area (Å²) in [5.41, 5.74) is 2.77. The number of nitriles is 1. The van der Waals surface area contributed by atoms with Crippen molar-refractivity contribution in [1.29, 1.82) is 5.26 Å². The average Bonchev–Trinajstić information content (AvgIpc) is 2.52. The van der Waals surface area contributed by atoms with E-state index in [1.54, 1.807) is 5.12 Å². The second kappa shape index (κ2) is 4.21. The van der Waals surface area contributed by atoms with Crippen LogP contribution < -0.4 is 0 Å². The largest absolute Gasteiger partial charge is 0.216 e. The van der Waals surface area contributed by atoms with E-state index in [0.29, 0.717) is 6.42 Å². The highest BCUT2D eigenvalue weighted by molar-refractivity contribution is 8.12. The Morgan fingerprint density at radius 2 is 2.73 bits per heavy atom. The summed E-state index contributed by atoms with van der Waals surface area (Å²) < 4.78 is 0. The predicted octanol–water partition coefficient (Wildman–Crippen LogP) is 0.573. The van der Waals surface area contributed by atoms with Crippen LogP contribution in [0.1, 0.15) is 6.42 Å². The zero-order valence-corrected chi connectivity index (χ0v) is 7.13. The van der Waals surface area contributed by atoms with Gasteiger partial charge in [-0.05, 0) is 0 Å². The zero-order chi connectivity index (χ0) is 8.10. The molecule has 0 saturated carbocycles. The molecule has 1 aliphatic rings. The lowest BCUT2D eigenvalue weighted by Gasteiger charge is -2.23. The number of hydrazone groups is 1. The first-order valence-corrected chi connectivity index (χ1v) is 4.26. The van der Waals surface area contributed by atoms with E-state index in [-0.39, 0.29) is 0 Å². The quantitative estimate of drug-likeness (QED) is 0.619. The molecule has 11 heavy (non-hydrogen) atoms. The predicted molar refractivity (Wildman–Crippen MR) is 44.6 cm³/mol. The first kappa shape index (κ1) is 8.37. The van der Waals surface area contributed by atoms with Crippen molar-refractivity contribution in [2.75, 3.05) is 19.5 Å². The van der Waals surface area contributed by atoms with E-state index in [4.69, 9.17) is 5.26 Å². The van der Waals surface area contributed by atoms with Gasteiger partial charge in [0.25, 0.3) is 0 Å². The summed E-state index contributed by atoms with van der Waals surface area (Å²) in [7, 11) is 1.91. The van der Waals surface area contributed by atoms with Gasteiger partial charge in [0, 0.05) is 20.0 Å². The fourth-order valence-corrected chi connectivity index (χ4v) is 1.27. The van der Waals surface area contributed by atoms with Crippen LogP contribution in [0.4, 0.5) is 0 Å². The Morgan fingerprint density at radius 3 is 3.27 bits per heavy atom. The molecule has 0 N–H and O–H groups in total. The molecule has 0 amide bonds. The van der Waals surface area contributed by atoms with Crippen molar-refractivity contribution in [1.82, 2.24) is 10.1 Å². The molecule has 0 unspecified atom stereocenters. The lowest BCUT2D eigenvalue weighted by Crippen LogP contribution is -2.34. The molecule has 0 saturated heterocycles. The Balaban J connectivity index is 2.24. The summed E-state index contributed by atoms with van der Waals surface area (Å²) in [4.78, 5) is 0. The smallest absolute Gasteiger partial charge is 0.154 e. The molecular formula is C6H9N4S. The third-order valence-corrected chi connectivity index (χ3v) is 1.91. The maximum atomic E-state index is 8.31. The SMILES string of the molecule is CN(CCC#N)N1CS[C]=N1. The highest BCUT2D eigenvalue weighted by Gasteiger charge is 2.11. The van der Waals surface area contributed by atoms with Gasteiger partial charge in [0.05, 0.1) is 6.07 Å². The van der Waals surface area contributed by atoms with Crippen LogP contribution in [0.5, 0.6) is 0 Å². The standard InChI is InChI=1S/C6H9N4S/c1-9(4-2-3-7)10-6-11-5-8-10/h2,4,6H2,1H3. The van der Waals surface area contributed by atoms with Gasteiger partial charge in [0.2, 0.25) is 0 Å². The number of thioether (sulfide) groups is 1. The highest BCUT2D eigenvalue weighted by atomic mass is 32.2. The molecule has 0 fully saturated rings. The first-order valence-electron chi connectivity index (χ1n) is 3.27. The number of hydrazine groups is 1. The van der Waals surface area contributed by atoms with Crippen LogP contribution in [0, 0.1) is 11.3 Å². The van der Waals surface area contributed by atoms with E-state index in [2.05, 4.69) is 16.7 Å². The second-order valence-electron chi connectivity index (χ2n) is 2.13. The van der Waals surface area contributed by atoms with Gasteiger partial charge in [-0.1, -0.05) is 11.8 Å². The van der Waals surface area contributed by atoms with Gasteiger partial charge in [-0.2, -0.15) is 10.4 Å². The van der Waals surface area contributed by atoms with Crippen LogP contribution >= 0.6 is 11.8 Å². The number of nitrogens with zero attached hydrogens (tertiary/aromatic N) is 4. The van der Waals surface area contributed by atoms with Gasteiger partial charge in [0.15, 0.2) is 5.55 Å². The minimum Gasteiger partial charge on any atom is -0.216 e. The third kappa shape index (κ3) is 2.41. The molecule has 0 aromatic heterocycles. The van der Waals surface area contributed by atoms with Crippen LogP contribution in [0.25, 0.3) is 0 Å². The number of hydrogen-bond donors (Lipinski definition) is 0. The van der Waals surface area contributed by atoms with E-state index < -0.39 is 0 Å². The number of hydrogen-bond acceptors (Lipinski definition) is 5. The van der Waals surface area contributed by atoms with Crippen molar-refractivity contribution in [2.24, 2.45) is 5.10 Å². The maximum absolute atomic E-state index is 8.31. The second-order valence-corrected chi connectivity index (χ2v) is 2.86. The van der Waals surface area contributed by atoms with Gasteiger partial charge in [-0.15, -0.1) is 0 Å². The first-order chi connectivity index (χ1) is 5.34. The lowest BCUT2D eigenvalue weighted by molar-refractivity contribution is 0.0288. The molecule has 4 nitrogen and oxygen atoms in total. The minimum atomic E-state index is 0.535. The molecule has 5 heteroatoms. The summed E-state index contributed by atoms with van der Waals surface area (Å²) in [5, 5.41) is 16.0. The van der Waals surface area contributed by atoms with Crippen LogP contribution in [0.2, 0.25) is 0 Å². The summed E-state index contributed by atoms with van der Waals surface area (Å²) in [5.74, 6) is 0.807. The molecular weight excluding hydrogens is 160 g/mol. The van der Waals surface area contributed by atoms with Crippen molar-refractivity contribution in [3.05, 3.63) is 0 Å². The van der Waals surface area contributed by atoms with E-state index >= 15 is 0 Å². The van der Waals surface area contributed by atoms with Crippen molar-refractivity contribution < 1.29 is 0 Å². The van der Waals surface area contributed by atoms with Gasteiger partial charge in [-0.3, -0.25) is 0 Å². The molecule has 59 valence electrons. The van der Waals surface area contributed by atoms with Crippen molar-refractivity contribution in [2.45, 2.75) is 6.42 Å². The van der Waals surface area contributed by atoms with Crippen LogP contribution in [0.15, 0.2) is 5.10 Å². The van der Waals surface area contributed by atoms with Gasteiger partial charge in [-0.25, -0.2) is 10.1 Å². The molecule has 0 aromatic carbocycles. The Morgan fingerprint density at radius 1 is 1.91 bits per heavy atom. The minimum absolute atomic E-state index is 0.535. The van der Waals surface area contributed by atoms with E-state index in [9.17, 15) is 0 Å². The molecule has 1 radical (unpaired) electrons. The Labute approximate surface area is 70.4 Å². The normalized spacial score (nSPS) is 15.9. The Bertz CT molecular complexity index is 186. The van der Waals surface area contributed by atoms with E-state index in [0.717, 1.165) is 12.4 Å². The molecule has 0 aromatic rings. The van der Waals surface area contributed by atoms with Crippen molar-refractivity contribution in [3.63, 3.8) is 0 Å². The monoisotopic (exact) mass is 169 g/mol. The summed E-state index contributed by atoms with van der Waals surface area (Å²) >= 11 is 1.53. The van der Waals surface area contributed by atoms with E-state index in [1.165, 1.54) is 11.8 Å². The number of rotatable bonds is 3. The van der Waals surface area contributed by atoms with Crippen molar-refractivity contribution in [3.8, 4) is 6.07 Å². The lowest BCUT2D eigenvalue weighted by atomic mass is 10.5. The third-order valence-electron chi connectivity index (χ3n) is 1.34. The van der Waals surface area contributed by atoms with Gasteiger partial charge in [0.1, 0.15) is 5.88 Å². The molecule has 1 rings (SSSR count). The average molecular weight is 169 g/mol. The molecule has 0 aliphatic carbocycles. The Kier molecular flexibility index (Phi) is 3.20. The zero-order valence-electron chi connectivity index (χ0n) is 6.32. The molecule has 0 atom stereocenters. The van der Waals surface area contributed by atoms with Crippen LogP contribution in [0.3, 0.4) is 0 Å². The molecule has 1 aliphatic heterocycles. The van der Waals surface area contributed by atoms with Crippen molar-refractivity contribution >= 4 is 17.3 Å². The maximum Gasteiger partial charge on any atom is 0.154 e. The molecule has 1 heterocycles. The topological polar surface area (TPSA) is 42.6 Å². The van der Waals surface area contributed by atoms with Crippen LogP contribution in [-0.4, -0.2) is 35.1 Å². The highest BCUT2D eigenvalue weighted by Crippen LogP contribution is 2.11. The summed E-state index contributed by atoms with van der Waals surface area (Å²) in [6.45, 7) is 0.724. The Hall–Kier alpha value is -0.730. The fourth-order valence-electron chi connectivity index (χ4n) is 0.694. The van der Waals surface area contributed by atoms with E-state index in [1.807, 2.05) is 12.1 Å². The van der Waals surface area contributed by atoms with Gasteiger partial charge >= 0.3 is 0 Å². The van der Waals surface area contributed by atoms with Crippen LogP contribution in [-0.2, 0) is 0 Å². The summed E-state index contributed by atoms with van der Waals surface area (Å²) in [6.07, 6.45) is 0.535. The summed E-state index contributed by atoms with van der Waals surface area (Å²) in [6, 6.07) is 2.08.